The smallest absolute Gasteiger partial charge is 0.302 e. The highest BCUT2D eigenvalue weighted by Gasteiger charge is 2.57. The standard InChI is InChI=1S/C23H34O3/c1-4-6-15-11-16-12-17(25)13-20(26-14(2)24)22(16)18-8-10-23(3)9-5-7-19(23)21(15)18/h12,15,18-22H,4-11,13H2,1-3H3/t15?,18-,19-,20?,21+,22-,23-/m0/s1. The summed E-state index contributed by atoms with van der Waals surface area (Å²) in [4.78, 5) is 24.0. The largest absolute Gasteiger partial charge is 0.461 e. The average molecular weight is 359 g/mol. The number of carbonyl (C=O) groups is 2. The first-order valence-electron chi connectivity index (χ1n) is 10.8. The molecule has 4 rings (SSSR count). The van der Waals surface area contributed by atoms with Gasteiger partial charge in [-0.2, -0.15) is 0 Å². The van der Waals surface area contributed by atoms with Crippen LogP contribution in [0.1, 0.15) is 78.6 Å². The van der Waals surface area contributed by atoms with Gasteiger partial charge in [-0.3, -0.25) is 9.59 Å². The lowest BCUT2D eigenvalue weighted by atomic mass is 9.49. The minimum absolute atomic E-state index is 0.151. The number of ketones is 1. The molecule has 3 fully saturated rings. The first-order chi connectivity index (χ1) is 12.4. The summed E-state index contributed by atoms with van der Waals surface area (Å²) < 4.78 is 5.71. The van der Waals surface area contributed by atoms with Gasteiger partial charge in [0.15, 0.2) is 5.78 Å². The van der Waals surface area contributed by atoms with Crippen molar-refractivity contribution in [3.05, 3.63) is 11.6 Å². The molecule has 0 saturated heterocycles. The van der Waals surface area contributed by atoms with Crippen LogP contribution in [0.15, 0.2) is 11.6 Å². The van der Waals surface area contributed by atoms with Crippen molar-refractivity contribution in [2.75, 3.05) is 0 Å². The maximum atomic E-state index is 12.3. The van der Waals surface area contributed by atoms with Crippen molar-refractivity contribution in [1.29, 1.82) is 0 Å². The van der Waals surface area contributed by atoms with Gasteiger partial charge in [0.2, 0.25) is 0 Å². The van der Waals surface area contributed by atoms with Gasteiger partial charge >= 0.3 is 5.97 Å². The first-order valence-corrected chi connectivity index (χ1v) is 10.8. The van der Waals surface area contributed by atoms with E-state index in [2.05, 4.69) is 13.8 Å². The van der Waals surface area contributed by atoms with Crippen LogP contribution in [0.2, 0.25) is 0 Å². The molecule has 0 N–H and O–H groups in total. The van der Waals surface area contributed by atoms with Gasteiger partial charge < -0.3 is 4.74 Å². The quantitative estimate of drug-likeness (QED) is 0.660. The molecule has 0 bridgehead atoms. The van der Waals surface area contributed by atoms with E-state index in [1.165, 1.54) is 57.4 Å². The number of ether oxygens (including phenoxy) is 1. The number of hydrogen-bond donors (Lipinski definition) is 0. The fourth-order valence-electron chi connectivity index (χ4n) is 7.42. The van der Waals surface area contributed by atoms with Gasteiger partial charge in [0.25, 0.3) is 0 Å². The Hall–Kier alpha value is -1.12. The van der Waals surface area contributed by atoms with Crippen LogP contribution in [0.25, 0.3) is 0 Å². The topological polar surface area (TPSA) is 43.4 Å². The number of fused-ring (bicyclic) bond motifs is 5. The lowest BCUT2D eigenvalue weighted by Gasteiger charge is -2.56. The van der Waals surface area contributed by atoms with Crippen molar-refractivity contribution in [2.45, 2.75) is 84.7 Å². The highest BCUT2D eigenvalue weighted by atomic mass is 16.5. The van der Waals surface area contributed by atoms with E-state index in [4.69, 9.17) is 4.74 Å². The molecule has 4 aliphatic carbocycles. The third kappa shape index (κ3) is 2.96. The maximum absolute atomic E-state index is 12.3. The van der Waals surface area contributed by atoms with E-state index < -0.39 is 0 Å². The molecule has 0 heterocycles. The van der Waals surface area contributed by atoms with Gasteiger partial charge in [-0.05, 0) is 67.3 Å². The Morgan fingerprint density at radius 2 is 2.08 bits per heavy atom. The summed E-state index contributed by atoms with van der Waals surface area (Å²) in [5.41, 5.74) is 1.82. The second kappa shape index (κ2) is 6.80. The number of esters is 1. The van der Waals surface area contributed by atoms with E-state index in [0.29, 0.717) is 29.6 Å². The second-order valence-corrected chi connectivity index (χ2v) is 9.75. The molecule has 0 aromatic heterocycles. The highest BCUT2D eigenvalue weighted by Crippen LogP contribution is 2.63. The van der Waals surface area contributed by atoms with Gasteiger partial charge in [-0.25, -0.2) is 0 Å². The Labute approximate surface area is 157 Å². The van der Waals surface area contributed by atoms with Gasteiger partial charge in [0, 0.05) is 19.3 Å². The van der Waals surface area contributed by atoms with Gasteiger partial charge in [0.05, 0.1) is 0 Å². The van der Waals surface area contributed by atoms with Crippen LogP contribution in [0, 0.1) is 35.0 Å². The predicted octanol–water partition coefficient (Wildman–Crippen LogP) is 5.09. The SMILES string of the molecule is CCCC1CC2=CC(=O)CC(OC(C)=O)[C@@H]2[C@H]2CC[C@]3(C)CCC[C@H]3[C@H]12. The van der Waals surface area contributed by atoms with Crippen LogP contribution in [-0.2, 0) is 14.3 Å². The molecule has 0 aromatic rings. The van der Waals surface area contributed by atoms with Crippen LogP contribution in [0.3, 0.4) is 0 Å². The molecule has 0 spiro atoms. The average Bonchev–Trinajstić information content (AvgIpc) is 2.95. The molecular weight excluding hydrogens is 324 g/mol. The third-order valence-electron chi connectivity index (χ3n) is 8.22. The zero-order chi connectivity index (χ0) is 18.5. The summed E-state index contributed by atoms with van der Waals surface area (Å²) in [5.74, 6) is 3.09. The molecule has 144 valence electrons. The molecule has 0 aromatic carbocycles. The molecule has 4 aliphatic rings. The molecule has 26 heavy (non-hydrogen) atoms. The molecule has 7 atom stereocenters. The van der Waals surface area contributed by atoms with Crippen molar-refractivity contribution >= 4 is 11.8 Å². The Morgan fingerprint density at radius 1 is 1.27 bits per heavy atom. The summed E-state index contributed by atoms with van der Waals surface area (Å²) >= 11 is 0. The monoisotopic (exact) mass is 358 g/mol. The molecule has 3 saturated carbocycles. The molecule has 3 nitrogen and oxygen atoms in total. The summed E-state index contributed by atoms with van der Waals surface area (Å²) in [6, 6.07) is 0. The first kappa shape index (κ1) is 18.3. The molecule has 0 amide bonds. The molecule has 0 aliphatic heterocycles. The van der Waals surface area contributed by atoms with Gasteiger partial charge in [-0.15, -0.1) is 0 Å². The van der Waals surface area contributed by atoms with E-state index in [-0.39, 0.29) is 17.9 Å². The van der Waals surface area contributed by atoms with Crippen LogP contribution in [0.5, 0.6) is 0 Å². The van der Waals surface area contributed by atoms with E-state index in [9.17, 15) is 9.59 Å². The van der Waals surface area contributed by atoms with Crippen molar-refractivity contribution < 1.29 is 14.3 Å². The molecule has 3 heteroatoms. The fraction of sp³-hybridized carbons (Fsp3) is 0.826. The van der Waals surface area contributed by atoms with Crippen LogP contribution in [0.4, 0.5) is 0 Å². The van der Waals surface area contributed by atoms with E-state index >= 15 is 0 Å². The van der Waals surface area contributed by atoms with Gasteiger partial charge in [-0.1, -0.05) is 38.7 Å². The van der Waals surface area contributed by atoms with E-state index in [1.807, 2.05) is 6.08 Å². The number of hydrogen-bond acceptors (Lipinski definition) is 3. The van der Waals surface area contributed by atoms with E-state index in [1.54, 1.807) is 0 Å². The summed E-state index contributed by atoms with van der Waals surface area (Å²) in [6.45, 7) is 6.31. The van der Waals surface area contributed by atoms with E-state index in [0.717, 1.165) is 18.3 Å². The highest BCUT2D eigenvalue weighted by molar-refractivity contribution is 5.92. The van der Waals surface area contributed by atoms with Crippen molar-refractivity contribution in [2.24, 2.45) is 35.0 Å². The normalized spacial score (nSPS) is 44.6. The Morgan fingerprint density at radius 3 is 2.81 bits per heavy atom. The van der Waals surface area contributed by atoms with Crippen LogP contribution >= 0.6 is 0 Å². The fourth-order valence-corrected chi connectivity index (χ4v) is 7.42. The second-order valence-electron chi connectivity index (χ2n) is 9.75. The molecule has 0 radical (unpaired) electrons. The zero-order valence-electron chi connectivity index (χ0n) is 16.6. The minimum Gasteiger partial charge on any atom is -0.461 e. The lowest BCUT2D eigenvalue weighted by molar-refractivity contribution is -0.155. The number of carbonyl (C=O) groups excluding carboxylic acids is 2. The van der Waals surface area contributed by atoms with Gasteiger partial charge in [0.1, 0.15) is 6.10 Å². The van der Waals surface area contributed by atoms with Crippen molar-refractivity contribution in [1.82, 2.24) is 0 Å². The summed E-state index contributed by atoms with van der Waals surface area (Å²) in [7, 11) is 0. The Kier molecular flexibility index (Phi) is 4.77. The number of rotatable bonds is 3. The Balaban J connectivity index is 1.71. The Bertz CT molecular complexity index is 621. The summed E-state index contributed by atoms with van der Waals surface area (Å²) in [5, 5.41) is 0. The zero-order valence-corrected chi connectivity index (χ0v) is 16.6. The molecular formula is C23H34O3. The van der Waals surface area contributed by atoms with Crippen LogP contribution in [-0.4, -0.2) is 17.9 Å². The lowest BCUT2D eigenvalue weighted by Crippen LogP contribution is -2.52. The van der Waals surface area contributed by atoms with Crippen molar-refractivity contribution in [3.8, 4) is 0 Å². The minimum atomic E-state index is -0.238. The molecule has 2 unspecified atom stereocenters. The predicted molar refractivity (Wildman–Crippen MR) is 101 cm³/mol. The van der Waals surface area contributed by atoms with Crippen molar-refractivity contribution in [3.63, 3.8) is 0 Å². The summed E-state index contributed by atoms with van der Waals surface area (Å²) in [6.07, 6.45) is 12.3. The maximum Gasteiger partial charge on any atom is 0.302 e. The third-order valence-corrected chi connectivity index (χ3v) is 8.22. The van der Waals surface area contributed by atoms with Crippen LogP contribution < -0.4 is 0 Å².